The van der Waals surface area contributed by atoms with E-state index in [4.69, 9.17) is 4.52 Å². The maximum atomic E-state index is 12.4. The van der Waals surface area contributed by atoms with Crippen molar-refractivity contribution in [3.05, 3.63) is 65.8 Å². The molecule has 0 fully saturated rings. The van der Waals surface area contributed by atoms with Gasteiger partial charge in [-0.05, 0) is 23.1 Å². The number of H-pyrrole nitrogens is 1. The van der Waals surface area contributed by atoms with Crippen LogP contribution in [0.3, 0.4) is 0 Å². The van der Waals surface area contributed by atoms with Crippen LogP contribution in [0.5, 0.6) is 0 Å². The van der Waals surface area contributed by atoms with Crippen LogP contribution in [-0.2, 0) is 16.4 Å². The highest BCUT2D eigenvalue weighted by atomic mass is 32.2. The average molecular weight is 387 g/mol. The maximum Gasteiger partial charge on any atom is 0.278 e. The standard InChI is InChI=1S/C16H13N5O3S2/c22-26(23,15-9-17-10-18-15)21-12-5-2-1-4-11(12)8-14-19-16(20-24-14)13-6-3-7-25-13/h1-7,9-10,21H,8H2,(H,17,18). The van der Waals surface area contributed by atoms with E-state index in [0.717, 1.165) is 10.4 Å². The summed E-state index contributed by atoms with van der Waals surface area (Å²) in [5.74, 6) is 0.923. The molecule has 0 atom stereocenters. The lowest BCUT2D eigenvalue weighted by molar-refractivity contribution is 0.386. The number of hydrogen-bond acceptors (Lipinski definition) is 7. The summed E-state index contributed by atoms with van der Waals surface area (Å²) in [6.07, 6.45) is 2.86. The molecule has 26 heavy (non-hydrogen) atoms. The fourth-order valence-electron chi connectivity index (χ4n) is 2.36. The van der Waals surface area contributed by atoms with Crippen molar-refractivity contribution in [1.82, 2.24) is 20.1 Å². The molecule has 2 N–H and O–H groups in total. The Balaban J connectivity index is 1.59. The third kappa shape index (κ3) is 3.37. The number of hydrogen-bond donors (Lipinski definition) is 2. The van der Waals surface area contributed by atoms with Gasteiger partial charge >= 0.3 is 0 Å². The first kappa shape index (κ1) is 16.5. The molecule has 0 aliphatic heterocycles. The fourth-order valence-corrected chi connectivity index (χ4v) is 4.01. The number of imidazole rings is 1. The molecule has 0 aliphatic carbocycles. The maximum absolute atomic E-state index is 12.4. The summed E-state index contributed by atoms with van der Waals surface area (Å²) in [4.78, 5) is 11.6. The van der Waals surface area contributed by atoms with Gasteiger partial charge in [0, 0.05) is 0 Å². The number of thiophene rings is 1. The van der Waals surface area contributed by atoms with Crippen molar-refractivity contribution >= 4 is 27.0 Å². The Bertz CT molecular complexity index is 1100. The van der Waals surface area contributed by atoms with Gasteiger partial charge in [0.2, 0.25) is 11.7 Å². The van der Waals surface area contributed by atoms with E-state index in [-0.39, 0.29) is 5.03 Å². The van der Waals surface area contributed by atoms with Crippen LogP contribution in [0, 0.1) is 0 Å². The van der Waals surface area contributed by atoms with E-state index in [1.54, 1.807) is 18.2 Å². The Kier molecular flexibility index (Phi) is 4.27. The van der Waals surface area contributed by atoms with Crippen LogP contribution < -0.4 is 4.72 Å². The molecule has 8 nitrogen and oxygen atoms in total. The largest absolute Gasteiger partial charge is 0.339 e. The highest BCUT2D eigenvalue weighted by molar-refractivity contribution is 7.92. The van der Waals surface area contributed by atoms with Gasteiger partial charge in [0.05, 0.1) is 29.5 Å². The Morgan fingerprint density at radius 1 is 1.19 bits per heavy atom. The zero-order valence-corrected chi connectivity index (χ0v) is 14.9. The van der Waals surface area contributed by atoms with E-state index < -0.39 is 10.0 Å². The molecule has 1 aromatic carbocycles. The van der Waals surface area contributed by atoms with Crippen molar-refractivity contribution in [3.63, 3.8) is 0 Å². The Hall–Kier alpha value is -2.98. The molecular formula is C16H13N5O3S2. The zero-order valence-electron chi connectivity index (χ0n) is 13.3. The molecular weight excluding hydrogens is 374 g/mol. The van der Waals surface area contributed by atoms with Gasteiger partial charge in [0.1, 0.15) is 0 Å². The lowest BCUT2D eigenvalue weighted by Gasteiger charge is -2.10. The van der Waals surface area contributed by atoms with Gasteiger partial charge in [-0.25, -0.2) is 4.98 Å². The summed E-state index contributed by atoms with van der Waals surface area (Å²) in [5, 5.41) is 5.90. The first-order chi connectivity index (χ1) is 12.6. The minimum absolute atomic E-state index is 0.00919. The second kappa shape index (κ2) is 6.73. The third-order valence-electron chi connectivity index (χ3n) is 3.58. The molecule has 0 saturated heterocycles. The van der Waals surface area contributed by atoms with Gasteiger partial charge in [-0.3, -0.25) is 4.72 Å². The first-order valence-electron chi connectivity index (χ1n) is 7.57. The normalized spacial score (nSPS) is 11.5. The summed E-state index contributed by atoms with van der Waals surface area (Å²) in [7, 11) is -3.75. The van der Waals surface area contributed by atoms with Crippen molar-refractivity contribution < 1.29 is 12.9 Å². The highest BCUT2D eigenvalue weighted by Gasteiger charge is 2.18. The van der Waals surface area contributed by atoms with Crippen LogP contribution in [0.25, 0.3) is 10.7 Å². The molecule has 10 heteroatoms. The Labute approximate surface area is 153 Å². The van der Waals surface area contributed by atoms with Crippen molar-refractivity contribution in [3.8, 4) is 10.7 Å². The summed E-state index contributed by atoms with van der Waals surface area (Å²) < 4.78 is 32.6. The first-order valence-corrected chi connectivity index (χ1v) is 9.94. The van der Waals surface area contributed by atoms with Crippen LogP contribution >= 0.6 is 11.3 Å². The summed E-state index contributed by atoms with van der Waals surface area (Å²) in [6, 6.07) is 10.9. The van der Waals surface area contributed by atoms with Crippen LogP contribution in [0.4, 0.5) is 5.69 Å². The molecule has 0 spiro atoms. The van der Waals surface area contributed by atoms with Crippen LogP contribution in [0.15, 0.2) is 63.9 Å². The molecule has 4 aromatic rings. The monoisotopic (exact) mass is 387 g/mol. The van der Waals surface area contributed by atoms with E-state index in [9.17, 15) is 8.42 Å². The molecule has 0 saturated carbocycles. The average Bonchev–Trinajstić information content (AvgIpc) is 3.39. The predicted molar refractivity (Wildman–Crippen MR) is 96.3 cm³/mol. The number of aromatic nitrogens is 4. The van der Waals surface area contributed by atoms with E-state index in [1.807, 2.05) is 23.6 Å². The predicted octanol–water partition coefficient (Wildman–Crippen LogP) is 2.91. The van der Waals surface area contributed by atoms with Crippen molar-refractivity contribution in [2.24, 2.45) is 0 Å². The van der Waals surface area contributed by atoms with Gasteiger partial charge in [-0.1, -0.05) is 29.4 Å². The number of para-hydroxylation sites is 1. The van der Waals surface area contributed by atoms with Crippen LogP contribution in [-0.4, -0.2) is 28.5 Å². The summed E-state index contributed by atoms with van der Waals surface area (Å²) >= 11 is 1.52. The number of benzene rings is 1. The Morgan fingerprint density at radius 3 is 2.85 bits per heavy atom. The smallest absolute Gasteiger partial charge is 0.278 e. The molecule has 0 bridgehead atoms. The molecule has 0 radical (unpaired) electrons. The van der Waals surface area contributed by atoms with Gasteiger partial charge in [0.25, 0.3) is 10.0 Å². The number of sulfonamides is 1. The fraction of sp³-hybridized carbons (Fsp3) is 0.0625. The number of nitrogens with one attached hydrogen (secondary N) is 2. The van der Waals surface area contributed by atoms with Crippen LogP contribution in [0.1, 0.15) is 11.5 Å². The van der Waals surface area contributed by atoms with Crippen molar-refractivity contribution in [1.29, 1.82) is 0 Å². The number of rotatable bonds is 6. The number of nitrogens with zero attached hydrogens (tertiary/aromatic N) is 3. The van der Waals surface area contributed by atoms with Crippen molar-refractivity contribution in [2.45, 2.75) is 11.4 Å². The lowest BCUT2D eigenvalue weighted by Crippen LogP contribution is -2.14. The highest BCUT2D eigenvalue weighted by Crippen LogP contribution is 2.24. The minimum Gasteiger partial charge on any atom is -0.339 e. The van der Waals surface area contributed by atoms with Crippen LogP contribution in [0.2, 0.25) is 0 Å². The zero-order chi connectivity index (χ0) is 18.0. The van der Waals surface area contributed by atoms with E-state index >= 15 is 0 Å². The minimum atomic E-state index is -3.75. The molecule has 0 amide bonds. The lowest BCUT2D eigenvalue weighted by atomic mass is 10.1. The van der Waals surface area contributed by atoms with E-state index in [1.165, 1.54) is 23.9 Å². The molecule has 4 rings (SSSR count). The van der Waals surface area contributed by atoms with Gasteiger partial charge in [-0.15, -0.1) is 11.3 Å². The van der Waals surface area contributed by atoms with E-state index in [0.29, 0.717) is 23.8 Å². The number of anilines is 1. The second-order valence-electron chi connectivity index (χ2n) is 5.34. The molecule has 0 aliphatic rings. The van der Waals surface area contributed by atoms with Gasteiger partial charge in [0.15, 0.2) is 5.03 Å². The van der Waals surface area contributed by atoms with E-state index in [2.05, 4.69) is 24.8 Å². The molecule has 132 valence electrons. The quantitative estimate of drug-likeness (QED) is 0.526. The number of aromatic amines is 1. The summed E-state index contributed by atoms with van der Waals surface area (Å²) in [5.41, 5.74) is 1.16. The molecule has 0 unspecified atom stereocenters. The third-order valence-corrected chi connectivity index (χ3v) is 5.73. The Morgan fingerprint density at radius 2 is 2.08 bits per heavy atom. The topological polar surface area (TPSA) is 114 Å². The van der Waals surface area contributed by atoms with Crippen molar-refractivity contribution in [2.75, 3.05) is 4.72 Å². The second-order valence-corrected chi connectivity index (χ2v) is 7.94. The van der Waals surface area contributed by atoms with Gasteiger partial charge in [-0.2, -0.15) is 13.4 Å². The summed E-state index contributed by atoms with van der Waals surface area (Å²) in [6.45, 7) is 0. The SMILES string of the molecule is O=S(=O)(Nc1ccccc1Cc1nc(-c2cccs2)no1)c1cnc[nH]1. The molecule has 3 heterocycles. The molecule has 3 aromatic heterocycles. The van der Waals surface area contributed by atoms with Gasteiger partial charge < -0.3 is 9.51 Å².